The molecule has 6 heteroatoms. The van der Waals surface area contributed by atoms with Gasteiger partial charge in [0.2, 0.25) is 11.9 Å². The Morgan fingerprint density at radius 3 is 2.57 bits per heavy atom. The highest BCUT2D eigenvalue weighted by Gasteiger charge is 2.22. The number of anilines is 1. The standard InChI is InChI=1S/C15H17FN4O/c1-12(21)18-8-10-19(11-9-18)15-17-6-7-20(15)14-5-3-2-4-13(14)16/h2-7H,8-11H2,1H3. The number of nitrogens with zero attached hydrogens (tertiary/aromatic N) is 4. The Morgan fingerprint density at radius 2 is 1.90 bits per heavy atom. The molecule has 2 heterocycles. The Morgan fingerprint density at radius 1 is 1.19 bits per heavy atom. The van der Waals surface area contributed by atoms with Gasteiger partial charge in [0.1, 0.15) is 5.82 Å². The molecule has 1 amide bonds. The maximum Gasteiger partial charge on any atom is 0.219 e. The zero-order chi connectivity index (χ0) is 14.8. The van der Waals surface area contributed by atoms with Gasteiger partial charge >= 0.3 is 0 Å². The fraction of sp³-hybridized carbons (Fsp3) is 0.333. The van der Waals surface area contributed by atoms with Crippen molar-refractivity contribution in [3.8, 4) is 5.69 Å². The third kappa shape index (κ3) is 2.61. The summed E-state index contributed by atoms with van der Waals surface area (Å²) in [5, 5.41) is 0. The summed E-state index contributed by atoms with van der Waals surface area (Å²) in [6.45, 7) is 4.31. The van der Waals surface area contributed by atoms with Gasteiger partial charge in [0.25, 0.3) is 0 Å². The minimum absolute atomic E-state index is 0.0899. The van der Waals surface area contributed by atoms with Crippen LogP contribution in [0.1, 0.15) is 6.92 Å². The van der Waals surface area contributed by atoms with E-state index in [1.54, 1.807) is 42.1 Å². The molecule has 0 saturated carbocycles. The molecular formula is C15H17FN4O. The number of amides is 1. The molecule has 0 unspecified atom stereocenters. The normalized spacial score (nSPS) is 15.3. The summed E-state index contributed by atoms with van der Waals surface area (Å²) >= 11 is 0. The van der Waals surface area contributed by atoms with Gasteiger partial charge in [0.15, 0.2) is 0 Å². The minimum atomic E-state index is -0.279. The average molecular weight is 288 g/mol. The zero-order valence-corrected chi connectivity index (χ0v) is 11.9. The van der Waals surface area contributed by atoms with Crippen LogP contribution in [0.3, 0.4) is 0 Å². The number of carbonyl (C=O) groups excluding carboxylic acids is 1. The van der Waals surface area contributed by atoms with E-state index in [9.17, 15) is 9.18 Å². The molecule has 2 aromatic rings. The van der Waals surface area contributed by atoms with Crippen molar-refractivity contribution in [1.82, 2.24) is 14.5 Å². The fourth-order valence-electron chi connectivity index (χ4n) is 2.59. The van der Waals surface area contributed by atoms with Gasteiger partial charge in [-0.25, -0.2) is 9.37 Å². The molecule has 5 nitrogen and oxygen atoms in total. The van der Waals surface area contributed by atoms with Crippen molar-refractivity contribution in [3.05, 3.63) is 42.5 Å². The lowest BCUT2D eigenvalue weighted by Crippen LogP contribution is -2.48. The third-order valence-electron chi connectivity index (χ3n) is 3.74. The third-order valence-corrected chi connectivity index (χ3v) is 3.74. The van der Waals surface area contributed by atoms with Crippen molar-refractivity contribution in [3.63, 3.8) is 0 Å². The van der Waals surface area contributed by atoms with Crippen LogP contribution in [-0.2, 0) is 4.79 Å². The molecule has 0 atom stereocenters. The predicted octanol–water partition coefficient (Wildman–Crippen LogP) is 1.68. The van der Waals surface area contributed by atoms with Gasteiger partial charge in [-0.1, -0.05) is 12.1 Å². The van der Waals surface area contributed by atoms with Gasteiger partial charge in [-0.05, 0) is 12.1 Å². The highest BCUT2D eigenvalue weighted by atomic mass is 19.1. The Bertz CT molecular complexity index is 647. The van der Waals surface area contributed by atoms with E-state index in [1.807, 2.05) is 4.90 Å². The predicted molar refractivity (Wildman–Crippen MR) is 78.0 cm³/mol. The van der Waals surface area contributed by atoms with E-state index < -0.39 is 0 Å². The Hall–Kier alpha value is -2.37. The smallest absolute Gasteiger partial charge is 0.219 e. The van der Waals surface area contributed by atoms with E-state index in [2.05, 4.69) is 9.88 Å². The molecule has 0 bridgehead atoms. The molecule has 1 aliphatic heterocycles. The first-order valence-corrected chi connectivity index (χ1v) is 6.95. The number of piperazine rings is 1. The molecule has 0 spiro atoms. The van der Waals surface area contributed by atoms with E-state index in [4.69, 9.17) is 0 Å². The van der Waals surface area contributed by atoms with Crippen LogP contribution in [0.4, 0.5) is 10.3 Å². The minimum Gasteiger partial charge on any atom is -0.339 e. The molecule has 0 N–H and O–H groups in total. The van der Waals surface area contributed by atoms with Crippen LogP contribution in [-0.4, -0.2) is 46.5 Å². The average Bonchev–Trinajstić information content (AvgIpc) is 2.97. The largest absolute Gasteiger partial charge is 0.339 e. The van der Waals surface area contributed by atoms with Gasteiger partial charge in [-0.3, -0.25) is 9.36 Å². The van der Waals surface area contributed by atoms with Crippen LogP contribution in [0.15, 0.2) is 36.7 Å². The molecule has 1 aliphatic rings. The second-order valence-electron chi connectivity index (χ2n) is 5.04. The van der Waals surface area contributed by atoms with Crippen LogP contribution in [0.25, 0.3) is 5.69 Å². The second-order valence-corrected chi connectivity index (χ2v) is 5.04. The topological polar surface area (TPSA) is 41.4 Å². The number of aromatic nitrogens is 2. The lowest BCUT2D eigenvalue weighted by Gasteiger charge is -2.35. The van der Waals surface area contributed by atoms with Crippen LogP contribution in [0.2, 0.25) is 0 Å². The van der Waals surface area contributed by atoms with Crippen molar-refractivity contribution in [2.24, 2.45) is 0 Å². The van der Waals surface area contributed by atoms with Crippen LogP contribution in [0, 0.1) is 5.82 Å². The molecule has 1 aromatic heterocycles. The van der Waals surface area contributed by atoms with Crippen molar-refractivity contribution in [2.75, 3.05) is 31.1 Å². The summed E-state index contributed by atoms with van der Waals surface area (Å²) in [6.07, 6.45) is 3.42. The van der Waals surface area contributed by atoms with Gasteiger partial charge in [0.05, 0.1) is 5.69 Å². The fourth-order valence-corrected chi connectivity index (χ4v) is 2.59. The molecule has 0 radical (unpaired) electrons. The number of hydrogen-bond donors (Lipinski definition) is 0. The summed E-state index contributed by atoms with van der Waals surface area (Å²) in [5.74, 6) is 0.523. The van der Waals surface area contributed by atoms with Crippen LogP contribution >= 0.6 is 0 Å². The zero-order valence-electron chi connectivity index (χ0n) is 11.9. The van der Waals surface area contributed by atoms with Crippen LogP contribution < -0.4 is 4.90 Å². The van der Waals surface area contributed by atoms with Crippen molar-refractivity contribution < 1.29 is 9.18 Å². The first-order valence-electron chi connectivity index (χ1n) is 6.95. The molecule has 1 fully saturated rings. The number of carbonyl (C=O) groups is 1. The molecule has 3 rings (SSSR count). The number of para-hydroxylation sites is 1. The molecule has 0 aliphatic carbocycles. The summed E-state index contributed by atoms with van der Waals surface area (Å²) in [7, 11) is 0. The highest BCUT2D eigenvalue weighted by molar-refractivity contribution is 5.73. The van der Waals surface area contributed by atoms with E-state index in [0.29, 0.717) is 37.8 Å². The van der Waals surface area contributed by atoms with Crippen molar-refractivity contribution >= 4 is 11.9 Å². The quantitative estimate of drug-likeness (QED) is 0.844. The molecule has 110 valence electrons. The number of halogens is 1. The first kappa shape index (κ1) is 13.6. The van der Waals surface area contributed by atoms with E-state index >= 15 is 0 Å². The summed E-state index contributed by atoms with van der Waals surface area (Å²) in [5.41, 5.74) is 0.485. The lowest BCUT2D eigenvalue weighted by molar-refractivity contribution is -0.129. The first-order chi connectivity index (χ1) is 10.2. The number of imidazole rings is 1. The van der Waals surface area contributed by atoms with E-state index in [-0.39, 0.29) is 11.7 Å². The summed E-state index contributed by atoms with van der Waals surface area (Å²) in [4.78, 5) is 19.6. The van der Waals surface area contributed by atoms with Crippen LogP contribution in [0.5, 0.6) is 0 Å². The Kier molecular flexibility index (Phi) is 3.60. The Balaban J connectivity index is 1.84. The second kappa shape index (κ2) is 5.55. The summed E-state index contributed by atoms with van der Waals surface area (Å²) < 4.78 is 15.7. The van der Waals surface area contributed by atoms with Crippen molar-refractivity contribution in [2.45, 2.75) is 6.92 Å². The number of hydrogen-bond acceptors (Lipinski definition) is 3. The molecule has 1 aromatic carbocycles. The summed E-state index contributed by atoms with van der Waals surface area (Å²) in [6, 6.07) is 6.64. The highest BCUT2D eigenvalue weighted by Crippen LogP contribution is 2.21. The van der Waals surface area contributed by atoms with Gasteiger partial charge in [-0.15, -0.1) is 0 Å². The van der Waals surface area contributed by atoms with Gasteiger partial charge in [0, 0.05) is 45.5 Å². The van der Waals surface area contributed by atoms with Gasteiger partial charge < -0.3 is 9.80 Å². The Labute approximate surface area is 122 Å². The molecule has 21 heavy (non-hydrogen) atoms. The molecule has 1 saturated heterocycles. The maximum atomic E-state index is 13.9. The SMILES string of the molecule is CC(=O)N1CCN(c2nccn2-c2ccccc2F)CC1. The van der Waals surface area contributed by atoms with Gasteiger partial charge in [-0.2, -0.15) is 0 Å². The maximum absolute atomic E-state index is 13.9. The number of rotatable bonds is 2. The van der Waals surface area contributed by atoms with E-state index in [0.717, 1.165) is 0 Å². The number of benzene rings is 1. The lowest BCUT2D eigenvalue weighted by atomic mass is 10.3. The van der Waals surface area contributed by atoms with E-state index in [1.165, 1.54) is 6.07 Å². The molecular weight excluding hydrogens is 271 g/mol. The monoisotopic (exact) mass is 288 g/mol. The van der Waals surface area contributed by atoms with Crippen molar-refractivity contribution in [1.29, 1.82) is 0 Å².